The van der Waals surface area contributed by atoms with Crippen molar-refractivity contribution in [1.29, 1.82) is 0 Å². The van der Waals surface area contributed by atoms with Gasteiger partial charge in [-0.1, -0.05) is 40.5 Å². The van der Waals surface area contributed by atoms with Crippen molar-refractivity contribution in [2.45, 2.75) is 203 Å². The monoisotopic (exact) mass is 1390 g/mol. The second kappa shape index (κ2) is 44.0. The van der Waals surface area contributed by atoms with Crippen LogP contribution in [-0.2, 0) is 62.3 Å². The van der Waals surface area contributed by atoms with Gasteiger partial charge in [-0.2, -0.15) is 25.3 Å². The number of thiol groups is 2. The van der Waals surface area contributed by atoms with Crippen LogP contribution in [0.5, 0.6) is 0 Å². The average Bonchev–Trinajstić information content (AvgIpc) is 1.78. The minimum absolute atomic E-state index is 0.0272. The zero-order valence-corrected chi connectivity index (χ0v) is 56.3. The lowest BCUT2D eigenvalue weighted by Crippen LogP contribution is -2.63. The smallest absolute Gasteiger partial charge is 0.305 e. The molecule has 0 aromatic carbocycles. The molecule has 28 N–H and O–H groups in total. The molecule has 0 spiro atoms. The Bertz CT molecular complexity index is 2660. The highest BCUT2D eigenvalue weighted by atomic mass is 32.1. The molecule has 540 valence electrons. The third-order valence-electron chi connectivity index (χ3n) is 15.5. The summed E-state index contributed by atoms with van der Waals surface area (Å²) in [6, 6.07) is -18.1. The molecule has 1 aliphatic heterocycles. The normalized spacial score (nSPS) is 17.5. The molecule has 0 bridgehead atoms. The van der Waals surface area contributed by atoms with Crippen molar-refractivity contribution in [3.05, 3.63) is 0 Å². The number of carbonyl (C=O) groups excluding carboxylic acids is 12. The Kier molecular flexibility index (Phi) is 39.4. The number of rotatable bonds is 45. The number of nitrogens with zero attached hydrogens (tertiary/aromatic N) is 3. The number of primary amides is 1. The van der Waals surface area contributed by atoms with Gasteiger partial charge in [0.2, 0.25) is 70.9 Å². The van der Waals surface area contributed by atoms with Crippen LogP contribution in [0, 0.1) is 11.8 Å². The molecule has 0 radical (unpaired) electrons. The maximum Gasteiger partial charge on any atom is 0.305 e. The molecule has 1 saturated heterocycles. The number of guanidine groups is 2. The predicted octanol–water partition coefficient (Wildman–Crippen LogP) is -8.95. The Morgan fingerprint density at radius 2 is 0.926 bits per heavy atom. The van der Waals surface area contributed by atoms with Gasteiger partial charge in [0.1, 0.15) is 66.5 Å². The lowest BCUT2D eigenvalue weighted by atomic mass is 9.96. The fourth-order valence-electron chi connectivity index (χ4n) is 9.48. The van der Waals surface area contributed by atoms with Gasteiger partial charge in [-0.15, -0.1) is 0 Å². The van der Waals surface area contributed by atoms with Gasteiger partial charge in [-0.05, 0) is 90.0 Å². The fraction of sp³-hybridized carbons (Fsp3) is 0.732. The first-order chi connectivity index (χ1) is 44.6. The van der Waals surface area contributed by atoms with Crippen LogP contribution in [0.1, 0.15) is 119 Å². The van der Waals surface area contributed by atoms with Gasteiger partial charge < -0.3 is 119 Å². The van der Waals surface area contributed by atoms with Crippen LogP contribution >= 0.6 is 25.3 Å². The number of unbranched alkanes of at least 4 members (excludes halogenated alkanes) is 1. The molecular weight excluding hydrogens is 1290 g/mol. The van der Waals surface area contributed by atoms with E-state index in [-0.39, 0.29) is 107 Å². The molecule has 1 aliphatic rings. The maximum atomic E-state index is 14.7. The Balaban J connectivity index is 3.46. The summed E-state index contributed by atoms with van der Waals surface area (Å²) in [6.45, 7) is 8.12. The summed E-state index contributed by atoms with van der Waals surface area (Å²) in [5.41, 5.74) is 38.6. The predicted molar refractivity (Wildman–Crippen MR) is 353 cm³/mol. The molecule has 1 heterocycles. The fourth-order valence-corrected chi connectivity index (χ4v) is 10.00. The zero-order valence-electron chi connectivity index (χ0n) is 54.5. The van der Waals surface area contributed by atoms with Crippen LogP contribution < -0.4 is 93.3 Å². The van der Waals surface area contributed by atoms with Gasteiger partial charge in [0.15, 0.2) is 11.9 Å². The standard InChI is InChI=1S/C56H102N20O17S2/c1-7-26(3)39(72-49(88)35(24-94)70-44(83)30(58)14-11-19-64-55(60)61)52(91)68-33(22-38(80)81)47(86)75-42(29(6)79)53(92)73-40(27(4)8-2)54(93)76-21-13-17-37(76)51(90)67-31(15-9-10-18-57)45(84)69-34(23-77)48(87)66-32(16-12-20-65-56(62)63)46(85)71-36(25-95)50(89)74-41(28(5)78)43(59)82/h26-37,39-42,77-79,94-95H,7-25,57-58H2,1-6H3,(H2,59,82)(H,66,87)(H,67,90)(H,68,91)(H,69,84)(H,70,83)(H,71,85)(H,72,88)(H,73,92)(H,74,89)(H,75,86)(H,80,81)(H4,60,61,64)(H4,62,63,65)/t26-,27-,28+,29+,30-,31-,32-,33-,34-,35-,36-,37-,39+,40-,41-,42+/m0/s1. The number of carboxylic acids is 1. The van der Waals surface area contributed by atoms with Crippen molar-refractivity contribution in [1.82, 2.24) is 58.1 Å². The maximum absolute atomic E-state index is 14.7. The third-order valence-corrected chi connectivity index (χ3v) is 16.2. The summed E-state index contributed by atoms with van der Waals surface area (Å²) < 4.78 is 0. The van der Waals surface area contributed by atoms with E-state index in [1.807, 2.05) is 0 Å². The minimum Gasteiger partial charge on any atom is -0.481 e. The van der Waals surface area contributed by atoms with E-state index in [2.05, 4.69) is 88.4 Å². The molecule has 0 saturated carbocycles. The van der Waals surface area contributed by atoms with E-state index in [1.54, 1.807) is 27.7 Å². The van der Waals surface area contributed by atoms with Gasteiger partial charge in [-0.3, -0.25) is 72.3 Å². The first kappa shape index (κ1) is 85.2. The number of aliphatic hydroxyl groups excluding tert-OH is 3. The Labute approximate surface area is 562 Å². The molecule has 0 unspecified atom stereocenters. The lowest BCUT2D eigenvalue weighted by Gasteiger charge is -2.33. The van der Waals surface area contributed by atoms with Gasteiger partial charge in [0.05, 0.1) is 31.3 Å². The SMILES string of the molecule is CC[C@H](C)[C@H](NC(=O)[C@H](NC(=O)[C@H](CC(=O)O)NC(=O)[C@H](NC(=O)[C@H](CS)NC(=O)[C@@H](N)CCCN=C(N)N)[C@@H](C)CC)[C@@H](C)O)C(=O)N1CCC[C@H]1C(=O)N[C@@H](CCCCN)C(=O)N[C@@H](CO)C(=O)N[C@@H](CCCN=C(N)N)C(=O)N[C@@H](CS)C(=O)N[C@H](C(N)=O)[C@@H](C)O. The van der Waals surface area contributed by atoms with E-state index >= 15 is 0 Å². The van der Waals surface area contributed by atoms with Gasteiger partial charge in [-0.25, -0.2) is 0 Å². The van der Waals surface area contributed by atoms with Crippen molar-refractivity contribution in [2.75, 3.05) is 44.3 Å². The number of nitrogens with two attached hydrogens (primary N) is 7. The summed E-state index contributed by atoms with van der Waals surface area (Å²) in [6.07, 6.45) is -2.51. The van der Waals surface area contributed by atoms with Gasteiger partial charge in [0.25, 0.3) is 0 Å². The molecule has 0 aromatic rings. The first-order valence-corrected chi connectivity index (χ1v) is 32.5. The molecule has 95 heavy (non-hydrogen) atoms. The Morgan fingerprint density at radius 1 is 0.516 bits per heavy atom. The molecule has 39 heteroatoms. The number of aliphatic carboxylic acids is 1. The second-order valence-electron chi connectivity index (χ2n) is 23.1. The number of carbonyl (C=O) groups is 13. The molecule has 1 fully saturated rings. The van der Waals surface area contributed by atoms with E-state index in [4.69, 9.17) is 40.1 Å². The van der Waals surface area contributed by atoms with Crippen molar-refractivity contribution < 1.29 is 82.8 Å². The lowest BCUT2D eigenvalue weighted by molar-refractivity contribution is -0.144. The average molecular weight is 1390 g/mol. The molecular formula is C56H102N20O17S2. The highest BCUT2D eigenvalue weighted by Crippen LogP contribution is 2.23. The second-order valence-corrected chi connectivity index (χ2v) is 23.8. The number of aliphatic imine (C=N–C) groups is 2. The Morgan fingerprint density at radius 3 is 1.41 bits per heavy atom. The number of likely N-dealkylation sites (tertiary alicyclic amines) is 1. The van der Waals surface area contributed by atoms with Crippen LogP contribution in [0.25, 0.3) is 0 Å². The number of carboxylic acid groups (broad SMARTS) is 1. The first-order valence-electron chi connectivity index (χ1n) is 31.2. The van der Waals surface area contributed by atoms with Crippen LogP contribution in [0.2, 0.25) is 0 Å². The third kappa shape index (κ3) is 29.8. The summed E-state index contributed by atoms with van der Waals surface area (Å²) in [4.78, 5) is 185. The number of amides is 12. The number of hydrogen-bond donors (Lipinski definition) is 23. The molecule has 37 nitrogen and oxygen atoms in total. The van der Waals surface area contributed by atoms with Crippen molar-refractivity contribution in [3.63, 3.8) is 0 Å². The van der Waals surface area contributed by atoms with Crippen LogP contribution in [0.4, 0.5) is 0 Å². The highest BCUT2D eigenvalue weighted by Gasteiger charge is 2.43. The van der Waals surface area contributed by atoms with Crippen molar-refractivity contribution >= 4 is 114 Å². The summed E-state index contributed by atoms with van der Waals surface area (Å²) in [5.74, 6) is -15.7. The number of nitrogens with one attached hydrogen (secondary N) is 10. The quantitative estimate of drug-likeness (QED) is 0.0117. The summed E-state index contributed by atoms with van der Waals surface area (Å²) in [5, 5.41) is 65.4. The van der Waals surface area contributed by atoms with E-state index in [9.17, 15) is 82.8 Å². The van der Waals surface area contributed by atoms with E-state index in [0.29, 0.717) is 12.8 Å². The highest BCUT2D eigenvalue weighted by molar-refractivity contribution is 7.80. The van der Waals surface area contributed by atoms with Crippen LogP contribution in [0.15, 0.2) is 9.98 Å². The van der Waals surface area contributed by atoms with Crippen molar-refractivity contribution in [3.8, 4) is 0 Å². The molecule has 0 aliphatic carbocycles. The van der Waals surface area contributed by atoms with Crippen LogP contribution in [-0.4, -0.2) is 243 Å². The number of hydrogen-bond acceptors (Lipinski definition) is 22. The van der Waals surface area contributed by atoms with Gasteiger partial charge >= 0.3 is 5.97 Å². The number of aliphatic hydroxyl groups is 3. The minimum atomic E-state index is -1.94. The summed E-state index contributed by atoms with van der Waals surface area (Å²) >= 11 is 8.29. The van der Waals surface area contributed by atoms with Gasteiger partial charge in [0, 0.05) is 31.1 Å². The topological polar surface area (TPSA) is 633 Å². The molecule has 0 aromatic heterocycles. The van der Waals surface area contributed by atoms with E-state index < -0.39 is 186 Å². The summed E-state index contributed by atoms with van der Waals surface area (Å²) in [7, 11) is 0. The Hall–Kier alpha value is -7.85. The van der Waals surface area contributed by atoms with E-state index in [0.717, 1.165) is 6.92 Å². The van der Waals surface area contributed by atoms with Crippen molar-refractivity contribution in [2.24, 2.45) is 62.0 Å². The molecule has 1 rings (SSSR count). The van der Waals surface area contributed by atoms with Crippen LogP contribution in [0.3, 0.4) is 0 Å². The largest absolute Gasteiger partial charge is 0.481 e. The zero-order chi connectivity index (χ0) is 72.4. The molecule has 16 atom stereocenters. The molecule has 12 amide bonds. The van der Waals surface area contributed by atoms with E-state index in [1.165, 1.54) is 11.8 Å².